The first-order chi connectivity index (χ1) is 8.04. The highest BCUT2D eigenvalue weighted by Crippen LogP contribution is 2.39. The van der Waals surface area contributed by atoms with E-state index in [1.54, 1.807) is 0 Å². The van der Waals surface area contributed by atoms with E-state index in [1.807, 2.05) is 0 Å². The van der Waals surface area contributed by atoms with Crippen LogP contribution in [0.15, 0.2) is 6.07 Å². The number of alkyl halides is 6. The second-order valence-corrected chi connectivity index (χ2v) is 2.99. The highest BCUT2D eigenvalue weighted by molar-refractivity contribution is 5.37. The van der Waals surface area contributed by atoms with Crippen molar-refractivity contribution in [3.63, 3.8) is 0 Å². The summed E-state index contributed by atoms with van der Waals surface area (Å²) in [4.78, 5) is 2.39. The number of nitrogens with zero attached hydrogens (tertiary/aromatic N) is 1. The average Bonchev–Trinajstić information content (AvgIpc) is 2.11. The van der Waals surface area contributed by atoms with Crippen LogP contribution in [0.25, 0.3) is 0 Å². The van der Waals surface area contributed by atoms with Crippen LogP contribution in [-0.2, 0) is 12.8 Å². The molecule has 18 heavy (non-hydrogen) atoms. The zero-order valence-electron chi connectivity index (χ0n) is 8.23. The number of ether oxygens (including phenoxy) is 1. The summed E-state index contributed by atoms with van der Waals surface area (Å²) in [5.74, 6) is -3.62. The van der Waals surface area contributed by atoms with Gasteiger partial charge in [0.15, 0.2) is 0 Å². The Hall–Kier alpha value is -1.58. The van der Waals surface area contributed by atoms with Crippen molar-refractivity contribution >= 4 is 0 Å². The molecule has 0 spiro atoms. The van der Waals surface area contributed by atoms with Crippen LogP contribution in [0.2, 0.25) is 0 Å². The van der Waals surface area contributed by atoms with Gasteiger partial charge in [0.05, 0.1) is 6.61 Å². The van der Waals surface area contributed by atoms with Crippen LogP contribution in [0.1, 0.15) is 11.1 Å². The first-order valence-corrected chi connectivity index (χ1v) is 4.18. The minimum absolute atomic E-state index is 0.173. The lowest BCUT2D eigenvalue weighted by Gasteiger charge is -2.16. The van der Waals surface area contributed by atoms with E-state index in [4.69, 9.17) is 5.11 Å². The van der Waals surface area contributed by atoms with Gasteiger partial charge in [0.2, 0.25) is 11.8 Å². The van der Waals surface area contributed by atoms with E-state index < -0.39 is 42.1 Å². The molecule has 0 unspecified atom stereocenters. The van der Waals surface area contributed by atoms with Crippen molar-refractivity contribution in [3.05, 3.63) is 23.1 Å². The lowest BCUT2D eigenvalue weighted by molar-refractivity contribution is -0.278. The Kier molecular flexibility index (Phi) is 3.70. The molecule has 0 aromatic carbocycles. The summed E-state index contributed by atoms with van der Waals surface area (Å²) >= 11 is 0. The van der Waals surface area contributed by atoms with E-state index in [-0.39, 0.29) is 6.07 Å². The lowest BCUT2D eigenvalue weighted by Crippen LogP contribution is -2.22. The number of aliphatic hydroxyl groups excluding tert-OH is 1. The summed E-state index contributed by atoms with van der Waals surface area (Å²) in [5, 5.41) is 8.60. The minimum atomic E-state index is -5.46. The molecule has 1 heterocycles. The third kappa shape index (κ3) is 3.45. The van der Waals surface area contributed by atoms with Gasteiger partial charge in [-0.3, -0.25) is 0 Å². The smallest absolute Gasteiger partial charge is 0.392 e. The van der Waals surface area contributed by atoms with Gasteiger partial charge in [0.25, 0.3) is 0 Å². The normalized spacial score (nSPS) is 12.7. The van der Waals surface area contributed by atoms with Crippen molar-refractivity contribution in [2.24, 2.45) is 0 Å². The Morgan fingerprint density at radius 3 is 2.11 bits per heavy atom. The fourth-order valence-corrected chi connectivity index (χ4v) is 1.15. The Labute approximate surface area is 94.8 Å². The quantitative estimate of drug-likeness (QED) is 0.668. The summed E-state index contributed by atoms with van der Waals surface area (Å²) in [5.41, 5.74) is -3.07. The molecule has 0 aliphatic rings. The maximum atomic E-state index is 12.7. The molecule has 0 fully saturated rings. The van der Waals surface area contributed by atoms with Gasteiger partial charge in [0, 0.05) is 0 Å². The Balaban J connectivity index is 3.43. The first kappa shape index (κ1) is 14.5. The van der Waals surface area contributed by atoms with E-state index in [9.17, 15) is 30.7 Å². The standard InChI is InChI=1S/C8H4F7NO2/c9-4-1-3(2-17)5(7(10,11)12)6(16-4)18-8(13,14)15/h1,17H,2H2. The third-order valence-corrected chi connectivity index (χ3v) is 1.70. The number of hydrogen-bond donors (Lipinski definition) is 1. The Bertz CT molecular complexity index is 440. The van der Waals surface area contributed by atoms with Crippen molar-refractivity contribution in [3.8, 4) is 5.88 Å². The summed E-state index contributed by atoms with van der Waals surface area (Å²) in [6.07, 6.45) is -10.7. The van der Waals surface area contributed by atoms with E-state index in [2.05, 4.69) is 9.72 Å². The number of aliphatic hydroxyl groups is 1. The molecular formula is C8H4F7NO2. The second-order valence-electron chi connectivity index (χ2n) is 2.99. The van der Waals surface area contributed by atoms with Crippen LogP contribution in [-0.4, -0.2) is 16.5 Å². The minimum Gasteiger partial charge on any atom is -0.392 e. The molecule has 3 nitrogen and oxygen atoms in total. The lowest BCUT2D eigenvalue weighted by atomic mass is 10.1. The van der Waals surface area contributed by atoms with E-state index in [0.29, 0.717) is 0 Å². The molecule has 0 aliphatic carbocycles. The number of rotatable bonds is 2. The van der Waals surface area contributed by atoms with Gasteiger partial charge in [0.1, 0.15) is 5.56 Å². The molecule has 1 aromatic heterocycles. The second kappa shape index (κ2) is 4.59. The maximum Gasteiger partial charge on any atom is 0.574 e. The van der Waals surface area contributed by atoms with Gasteiger partial charge in [-0.15, -0.1) is 13.2 Å². The molecule has 1 rings (SSSR count). The van der Waals surface area contributed by atoms with Gasteiger partial charge in [-0.1, -0.05) is 0 Å². The summed E-state index contributed by atoms with van der Waals surface area (Å²) < 4.78 is 88.8. The summed E-state index contributed by atoms with van der Waals surface area (Å²) in [6.45, 7) is -1.32. The first-order valence-electron chi connectivity index (χ1n) is 4.18. The molecule has 102 valence electrons. The zero-order chi connectivity index (χ0) is 14.1. The summed E-state index contributed by atoms with van der Waals surface area (Å²) in [7, 11) is 0. The highest BCUT2D eigenvalue weighted by Gasteiger charge is 2.42. The van der Waals surface area contributed by atoms with Crippen molar-refractivity contribution in [2.45, 2.75) is 19.1 Å². The van der Waals surface area contributed by atoms with Crippen molar-refractivity contribution in [1.82, 2.24) is 4.98 Å². The zero-order valence-corrected chi connectivity index (χ0v) is 8.23. The van der Waals surface area contributed by atoms with Gasteiger partial charge in [-0.25, -0.2) is 0 Å². The van der Waals surface area contributed by atoms with Gasteiger partial charge in [-0.05, 0) is 11.6 Å². The highest BCUT2D eigenvalue weighted by atomic mass is 19.4. The van der Waals surface area contributed by atoms with Crippen LogP contribution in [0.3, 0.4) is 0 Å². The monoisotopic (exact) mass is 279 g/mol. The van der Waals surface area contributed by atoms with Crippen molar-refractivity contribution < 1.29 is 40.6 Å². The number of hydrogen-bond acceptors (Lipinski definition) is 3. The molecule has 10 heteroatoms. The van der Waals surface area contributed by atoms with Crippen LogP contribution in [0.5, 0.6) is 5.88 Å². The van der Waals surface area contributed by atoms with Crippen molar-refractivity contribution in [2.75, 3.05) is 0 Å². The Morgan fingerprint density at radius 1 is 1.17 bits per heavy atom. The van der Waals surface area contributed by atoms with E-state index in [1.165, 1.54) is 0 Å². The van der Waals surface area contributed by atoms with Crippen LogP contribution >= 0.6 is 0 Å². The fraction of sp³-hybridized carbons (Fsp3) is 0.375. The van der Waals surface area contributed by atoms with Gasteiger partial charge in [-0.2, -0.15) is 22.5 Å². The van der Waals surface area contributed by atoms with E-state index >= 15 is 0 Å². The molecule has 1 aromatic rings. The number of halogens is 7. The van der Waals surface area contributed by atoms with Crippen LogP contribution in [0.4, 0.5) is 30.7 Å². The van der Waals surface area contributed by atoms with E-state index in [0.717, 1.165) is 0 Å². The average molecular weight is 279 g/mol. The molecule has 0 saturated carbocycles. The Morgan fingerprint density at radius 2 is 1.72 bits per heavy atom. The molecule has 0 aliphatic heterocycles. The fourth-order valence-electron chi connectivity index (χ4n) is 1.15. The number of pyridine rings is 1. The van der Waals surface area contributed by atoms with Crippen molar-refractivity contribution in [1.29, 1.82) is 0 Å². The molecule has 0 radical (unpaired) electrons. The summed E-state index contributed by atoms with van der Waals surface area (Å²) in [6, 6.07) is 0.173. The maximum absolute atomic E-state index is 12.7. The predicted molar refractivity (Wildman–Crippen MR) is 41.8 cm³/mol. The van der Waals surface area contributed by atoms with Gasteiger partial charge < -0.3 is 9.84 Å². The molecular weight excluding hydrogens is 275 g/mol. The molecule has 0 saturated heterocycles. The number of aromatic nitrogens is 1. The largest absolute Gasteiger partial charge is 0.574 e. The third-order valence-electron chi connectivity index (χ3n) is 1.70. The van der Waals surface area contributed by atoms with Gasteiger partial charge >= 0.3 is 12.5 Å². The molecule has 0 atom stereocenters. The topological polar surface area (TPSA) is 42.4 Å². The SMILES string of the molecule is OCc1cc(F)nc(OC(F)(F)F)c1C(F)(F)F. The molecule has 1 N–H and O–H groups in total. The van der Waals surface area contributed by atoms with Crippen LogP contribution < -0.4 is 4.74 Å². The predicted octanol–water partition coefficient (Wildman–Crippen LogP) is 2.63. The molecule has 0 amide bonds. The molecule has 0 bridgehead atoms. The van der Waals surface area contributed by atoms with Crippen LogP contribution in [0, 0.1) is 5.95 Å².